The quantitative estimate of drug-likeness (QED) is 0.890. The summed E-state index contributed by atoms with van der Waals surface area (Å²) in [5.41, 5.74) is 0.200. The molecular formula is C15H14N2O3S. The van der Waals surface area contributed by atoms with Crippen molar-refractivity contribution in [1.82, 2.24) is 10.3 Å². The first-order chi connectivity index (χ1) is 10.1. The van der Waals surface area contributed by atoms with Crippen molar-refractivity contribution in [3.8, 4) is 0 Å². The first-order valence-corrected chi connectivity index (χ1v) is 7.57. The van der Waals surface area contributed by atoms with E-state index in [0.717, 1.165) is 17.7 Å². The summed E-state index contributed by atoms with van der Waals surface area (Å²) in [6.07, 6.45) is 3.55. The van der Waals surface area contributed by atoms with E-state index < -0.39 is 5.97 Å². The summed E-state index contributed by atoms with van der Waals surface area (Å²) in [4.78, 5) is 28.3. The second-order valence-corrected chi connectivity index (χ2v) is 6.02. The highest BCUT2D eigenvalue weighted by Gasteiger charge is 2.34. The molecule has 5 nitrogen and oxygen atoms in total. The first kappa shape index (κ1) is 13.8. The summed E-state index contributed by atoms with van der Waals surface area (Å²) in [5.74, 6) is -0.929. The molecule has 0 bridgehead atoms. The highest BCUT2D eigenvalue weighted by molar-refractivity contribution is 7.10. The Morgan fingerprint density at radius 2 is 2.19 bits per heavy atom. The van der Waals surface area contributed by atoms with Gasteiger partial charge in [0, 0.05) is 11.1 Å². The van der Waals surface area contributed by atoms with E-state index in [1.807, 2.05) is 17.5 Å². The molecule has 0 spiro atoms. The summed E-state index contributed by atoms with van der Waals surface area (Å²) < 4.78 is 0. The summed E-state index contributed by atoms with van der Waals surface area (Å²) in [6.45, 7) is 0. The van der Waals surface area contributed by atoms with Crippen molar-refractivity contribution in [3.63, 3.8) is 0 Å². The van der Waals surface area contributed by atoms with Crippen LogP contribution in [0, 0.1) is 5.92 Å². The lowest BCUT2D eigenvalue weighted by molar-refractivity contribution is 0.0696. The lowest BCUT2D eigenvalue weighted by atomic mass is 10.1. The third-order valence-corrected chi connectivity index (χ3v) is 4.42. The second kappa shape index (κ2) is 5.65. The number of rotatable bonds is 5. The van der Waals surface area contributed by atoms with Crippen molar-refractivity contribution in [1.29, 1.82) is 0 Å². The molecule has 1 amide bonds. The largest absolute Gasteiger partial charge is 0.478 e. The molecule has 0 saturated heterocycles. The van der Waals surface area contributed by atoms with Gasteiger partial charge in [0.15, 0.2) is 0 Å². The molecule has 0 aliphatic heterocycles. The first-order valence-electron chi connectivity index (χ1n) is 6.69. The molecule has 1 fully saturated rings. The molecule has 6 heteroatoms. The smallest absolute Gasteiger partial charge is 0.335 e. The van der Waals surface area contributed by atoms with Crippen LogP contribution < -0.4 is 5.32 Å². The molecule has 2 aromatic heterocycles. The molecule has 0 aromatic carbocycles. The van der Waals surface area contributed by atoms with Crippen LogP contribution in [0.15, 0.2) is 35.8 Å². The van der Waals surface area contributed by atoms with Gasteiger partial charge in [-0.05, 0) is 42.3 Å². The highest BCUT2D eigenvalue weighted by Crippen LogP contribution is 2.42. The van der Waals surface area contributed by atoms with Crippen molar-refractivity contribution in [2.24, 2.45) is 5.92 Å². The van der Waals surface area contributed by atoms with Crippen LogP contribution in [0.2, 0.25) is 0 Å². The summed E-state index contributed by atoms with van der Waals surface area (Å²) in [5, 5.41) is 13.9. The van der Waals surface area contributed by atoms with Gasteiger partial charge in [-0.3, -0.25) is 9.78 Å². The predicted molar refractivity (Wildman–Crippen MR) is 78.4 cm³/mol. The maximum Gasteiger partial charge on any atom is 0.335 e. The van der Waals surface area contributed by atoms with Crippen LogP contribution in [-0.4, -0.2) is 22.0 Å². The van der Waals surface area contributed by atoms with E-state index in [-0.39, 0.29) is 23.2 Å². The second-order valence-electron chi connectivity index (χ2n) is 5.04. The lowest BCUT2D eigenvalue weighted by Crippen LogP contribution is -2.30. The van der Waals surface area contributed by atoms with E-state index in [1.165, 1.54) is 18.3 Å². The Kier molecular flexibility index (Phi) is 3.70. The van der Waals surface area contributed by atoms with E-state index in [4.69, 9.17) is 5.11 Å². The third-order valence-electron chi connectivity index (χ3n) is 3.47. The van der Waals surface area contributed by atoms with E-state index in [9.17, 15) is 9.59 Å². The number of carboxylic acids is 1. The molecule has 21 heavy (non-hydrogen) atoms. The number of aromatic carboxylic acids is 1. The summed E-state index contributed by atoms with van der Waals surface area (Å²) >= 11 is 1.62. The van der Waals surface area contributed by atoms with Gasteiger partial charge in [-0.1, -0.05) is 6.07 Å². The number of carboxylic acid groups (broad SMARTS) is 1. The normalized spacial score (nSPS) is 15.4. The van der Waals surface area contributed by atoms with Crippen LogP contribution in [0.5, 0.6) is 0 Å². The van der Waals surface area contributed by atoms with Gasteiger partial charge in [0.05, 0.1) is 11.6 Å². The number of nitrogens with zero attached hydrogens (tertiary/aromatic N) is 1. The molecule has 2 N–H and O–H groups in total. The lowest BCUT2D eigenvalue weighted by Gasteiger charge is -2.16. The highest BCUT2D eigenvalue weighted by atomic mass is 32.1. The van der Waals surface area contributed by atoms with Gasteiger partial charge in [-0.25, -0.2) is 4.79 Å². The number of pyridine rings is 1. The fourth-order valence-corrected chi connectivity index (χ4v) is 3.09. The van der Waals surface area contributed by atoms with Crippen LogP contribution >= 0.6 is 11.3 Å². The average Bonchev–Trinajstić information content (AvgIpc) is 3.18. The number of thiophene rings is 1. The van der Waals surface area contributed by atoms with Crippen molar-refractivity contribution >= 4 is 23.2 Å². The van der Waals surface area contributed by atoms with Gasteiger partial charge in [0.1, 0.15) is 5.69 Å². The molecule has 1 saturated carbocycles. The summed E-state index contributed by atoms with van der Waals surface area (Å²) in [6, 6.07) is 6.64. The maximum absolute atomic E-state index is 12.3. The van der Waals surface area contributed by atoms with Crippen molar-refractivity contribution < 1.29 is 14.7 Å². The molecule has 2 aromatic rings. The molecule has 1 atom stereocenters. The van der Waals surface area contributed by atoms with Crippen LogP contribution in [-0.2, 0) is 0 Å². The van der Waals surface area contributed by atoms with Gasteiger partial charge in [-0.15, -0.1) is 11.3 Å². The molecule has 3 rings (SSSR count). The molecule has 108 valence electrons. The van der Waals surface area contributed by atoms with Gasteiger partial charge in [0.2, 0.25) is 0 Å². The maximum atomic E-state index is 12.3. The molecular weight excluding hydrogens is 288 g/mol. The predicted octanol–water partition coefficient (Wildman–Crippen LogP) is 2.72. The van der Waals surface area contributed by atoms with Gasteiger partial charge in [0.25, 0.3) is 5.91 Å². The molecule has 0 radical (unpaired) electrons. The monoisotopic (exact) mass is 302 g/mol. The molecule has 1 aliphatic rings. The standard InChI is InChI=1S/C15H14N2O3S/c18-14(11-8-10(15(19)20)5-6-16-11)17-13(9-3-4-9)12-2-1-7-21-12/h1-2,5-9,13H,3-4H2,(H,17,18)(H,19,20). The van der Waals surface area contributed by atoms with Crippen LogP contribution in [0.25, 0.3) is 0 Å². The number of nitrogens with one attached hydrogen (secondary N) is 1. The Morgan fingerprint density at radius 1 is 1.38 bits per heavy atom. The minimum absolute atomic E-state index is 0.00668. The zero-order chi connectivity index (χ0) is 14.8. The Hall–Kier alpha value is -2.21. The van der Waals surface area contributed by atoms with Gasteiger partial charge >= 0.3 is 5.97 Å². The Balaban J connectivity index is 1.78. The molecule has 1 aliphatic carbocycles. The Labute approximate surface area is 125 Å². The van der Waals surface area contributed by atoms with Crippen molar-refractivity contribution in [2.75, 3.05) is 0 Å². The number of aromatic nitrogens is 1. The SMILES string of the molecule is O=C(O)c1ccnc(C(=O)NC(c2cccs2)C2CC2)c1. The topological polar surface area (TPSA) is 79.3 Å². The van der Waals surface area contributed by atoms with Crippen LogP contribution in [0.1, 0.15) is 44.6 Å². The Morgan fingerprint density at radius 3 is 2.81 bits per heavy atom. The number of hydrogen-bond acceptors (Lipinski definition) is 4. The average molecular weight is 302 g/mol. The van der Waals surface area contributed by atoms with E-state index in [0.29, 0.717) is 5.92 Å². The van der Waals surface area contributed by atoms with Gasteiger partial charge < -0.3 is 10.4 Å². The Bertz CT molecular complexity index is 665. The fraction of sp³-hybridized carbons (Fsp3) is 0.267. The van der Waals surface area contributed by atoms with Crippen molar-refractivity contribution in [2.45, 2.75) is 18.9 Å². The minimum atomic E-state index is -1.07. The van der Waals surface area contributed by atoms with E-state index in [2.05, 4.69) is 10.3 Å². The van der Waals surface area contributed by atoms with Crippen LogP contribution in [0.3, 0.4) is 0 Å². The third kappa shape index (κ3) is 3.11. The molecule has 1 unspecified atom stereocenters. The fourth-order valence-electron chi connectivity index (χ4n) is 2.22. The summed E-state index contributed by atoms with van der Waals surface area (Å²) in [7, 11) is 0. The number of amides is 1. The number of hydrogen-bond donors (Lipinski definition) is 2. The van der Waals surface area contributed by atoms with Crippen molar-refractivity contribution in [3.05, 3.63) is 52.0 Å². The van der Waals surface area contributed by atoms with Crippen LogP contribution in [0.4, 0.5) is 0 Å². The zero-order valence-electron chi connectivity index (χ0n) is 11.2. The number of carbonyl (C=O) groups is 2. The molecule has 2 heterocycles. The minimum Gasteiger partial charge on any atom is -0.478 e. The van der Waals surface area contributed by atoms with E-state index in [1.54, 1.807) is 11.3 Å². The van der Waals surface area contributed by atoms with E-state index >= 15 is 0 Å². The van der Waals surface area contributed by atoms with Gasteiger partial charge in [-0.2, -0.15) is 0 Å². The number of carbonyl (C=O) groups excluding carboxylic acids is 1. The zero-order valence-corrected chi connectivity index (χ0v) is 12.0.